The van der Waals surface area contributed by atoms with E-state index in [0.29, 0.717) is 39.4 Å². The van der Waals surface area contributed by atoms with E-state index in [1.165, 1.54) is 10.6 Å². The van der Waals surface area contributed by atoms with Gasteiger partial charge in [-0.25, -0.2) is 0 Å². The molecule has 0 aliphatic rings. The van der Waals surface area contributed by atoms with E-state index in [4.69, 9.17) is 9.47 Å². The van der Waals surface area contributed by atoms with Crippen LogP contribution < -0.4 is 20.3 Å². The first kappa shape index (κ1) is 19.2. The number of hydrogen-bond donors (Lipinski definition) is 1. The van der Waals surface area contributed by atoms with E-state index < -0.39 is 0 Å². The van der Waals surface area contributed by atoms with Crippen LogP contribution in [0.3, 0.4) is 0 Å². The molecule has 150 valence electrons. The lowest BCUT2D eigenvalue weighted by Gasteiger charge is -2.13. The number of ether oxygens (including phenoxy) is 2. The number of hydrogen-bond acceptors (Lipinski definition) is 5. The molecule has 30 heavy (non-hydrogen) atoms. The molecule has 1 amide bonds. The van der Waals surface area contributed by atoms with E-state index in [1.807, 2.05) is 0 Å². The van der Waals surface area contributed by atoms with Crippen molar-refractivity contribution in [2.75, 3.05) is 12.4 Å². The molecule has 0 saturated heterocycles. The Labute approximate surface area is 172 Å². The monoisotopic (exact) mass is 401 g/mol. The number of nitrogens with one attached hydrogen (secondary N) is 1. The highest BCUT2D eigenvalue weighted by molar-refractivity contribution is 6.05. The molecule has 0 saturated carbocycles. The van der Waals surface area contributed by atoms with E-state index >= 15 is 0 Å². The number of methoxy groups -OCH3 is 1. The maximum absolute atomic E-state index is 12.6. The summed E-state index contributed by atoms with van der Waals surface area (Å²) in [6.45, 7) is 0. The summed E-state index contributed by atoms with van der Waals surface area (Å²) in [6, 6.07) is 17.1. The van der Waals surface area contributed by atoms with Crippen molar-refractivity contribution < 1.29 is 14.3 Å². The number of nitrogens with zero attached hydrogens (tertiary/aromatic N) is 2. The second-order valence-corrected chi connectivity index (χ2v) is 6.61. The highest BCUT2D eigenvalue weighted by Crippen LogP contribution is 2.30. The minimum Gasteiger partial charge on any atom is -0.497 e. The quantitative estimate of drug-likeness (QED) is 0.547. The van der Waals surface area contributed by atoms with Crippen LogP contribution in [-0.2, 0) is 7.05 Å². The van der Waals surface area contributed by atoms with Gasteiger partial charge in [-0.15, -0.1) is 0 Å². The van der Waals surface area contributed by atoms with Crippen molar-refractivity contribution in [3.05, 3.63) is 89.0 Å². The molecule has 4 rings (SSSR count). The van der Waals surface area contributed by atoms with Crippen molar-refractivity contribution >= 4 is 22.5 Å². The fourth-order valence-corrected chi connectivity index (χ4v) is 3.07. The van der Waals surface area contributed by atoms with Gasteiger partial charge < -0.3 is 19.4 Å². The zero-order chi connectivity index (χ0) is 21.1. The summed E-state index contributed by atoms with van der Waals surface area (Å²) in [5.41, 5.74) is 1.57. The van der Waals surface area contributed by atoms with Gasteiger partial charge >= 0.3 is 0 Å². The maximum atomic E-state index is 12.6. The summed E-state index contributed by atoms with van der Waals surface area (Å²) in [6.07, 6.45) is 3.21. The number of amides is 1. The van der Waals surface area contributed by atoms with Crippen LogP contribution in [0.5, 0.6) is 17.2 Å². The van der Waals surface area contributed by atoms with Gasteiger partial charge in [0.2, 0.25) is 0 Å². The molecule has 7 nitrogen and oxygen atoms in total. The Morgan fingerprint density at radius 3 is 2.53 bits per heavy atom. The van der Waals surface area contributed by atoms with Gasteiger partial charge in [-0.1, -0.05) is 0 Å². The molecule has 2 heterocycles. The molecule has 0 bridgehead atoms. The van der Waals surface area contributed by atoms with Crippen molar-refractivity contribution in [3.8, 4) is 17.2 Å². The van der Waals surface area contributed by atoms with Gasteiger partial charge in [0, 0.05) is 35.9 Å². The molecule has 0 atom stereocenters. The summed E-state index contributed by atoms with van der Waals surface area (Å²) in [5, 5.41) is 3.57. The fourth-order valence-electron chi connectivity index (χ4n) is 3.07. The number of rotatable bonds is 5. The summed E-state index contributed by atoms with van der Waals surface area (Å²) in [5.74, 6) is 1.33. The van der Waals surface area contributed by atoms with E-state index in [2.05, 4.69) is 10.3 Å². The molecule has 0 aliphatic carbocycles. The highest BCUT2D eigenvalue weighted by atomic mass is 16.5. The lowest BCUT2D eigenvalue weighted by molar-refractivity contribution is 0.102. The Morgan fingerprint density at radius 2 is 1.83 bits per heavy atom. The van der Waals surface area contributed by atoms with Crippen LogP contribution >= 0.6 is 0 Å². The molecule has 2 aromatic heterocycles. The number of carbonyl (C=O) groups is 1. The summed E-state index contributed by atoms with van der Waals surface area (Å²) >= 11 is 0. The van der Waals surface area contributed by atoms with Crippen molar-refractivity contribution in [1.82, 2.24) is 9.55 Å². The van der Waals surface area contributed by atoms with E-state index in [1.54, 1.807) is 81.1 Å². The van der Waals surface area contributed by atoms with E-state index in [0.717, 1.165) is 0 Å². The molecule has 1 N–H and O–H groups in total. The van der Waals surface area contributed by atoms with Crippen molar-refractivity contribution in [3.63, 3.8) is 0 Å². The second kappa shape index (κ2) is 8.08. The maximum Gasteiger partial charge on any atom is 0.255 e. The average molecular weight is 401 g/mol. The summed E-state index contributed by atoms with van der Waals surface area (Å²) < 4.78 is 12.5. The Kier molecular flexibility index (Phi) is 5.17. The first-order chi connectivity index (χ1) is 14.5. The van der Waals surface area contributed by atoms with Gasteiger partial charge in [-0.3, -0.25) is 14.6 Å². The third kappa shape index (κ3) is 3.86. The Balaban J connectivity index is 1.69. The largest absolute Gasteiger partial charge is 0.497 e. The molecule has 0 aliphatic heterocycles. The third-order valence-corrected chi connectivity index (χ3v) is 4.68. The number of benzene rings is 2. The van der Waals surface area contributed by atoms with Crippen LogP contribution in [-0.4, -0.2) is 22.6 Å². The minimum absolute atomic E-state index is 0.198. The van der Waals surface area contributed by atoms with Crippen molar-refractivity contribution in [2.24, 2.45) is 7.05 Å². The molecule has 2 aromatic carbocycles. The van der Waals surface area contributed by atoms with Crippen LogP contribution in [0.15, 0.2) is 77.9 Å². The average Bonchev–Trinajstić information content (AvgIpc) is 2.78. The predicted octanol–water partition coefficient (Wildman–Crippen LogP) is 3.99. The second-order valence-electron chi connectivity index (χ2n) is 6.61. The molecule has 7 heteroatoms. The topological polar surface area (TPSA) is 82.5 Å². The van der Waals surface area contributed by atoms with Crippen LogP contribution in [0.25, 0.3) is 10.9 Å². The van der Waals surface area contributed by atoms with Crippen molar-refractivity contribution in [1.29, 1.82) is 0 Å². The van der Waals surface area contributed by atoms with Gasteiger partial charge in [0.15, 0.2) is 0 Å². The molecule has 0 unspecified atom stereocenters. The van der Waals surface area contributed by atoms with Crippen LogP contribution in [0.1, 0.15) is 10.4 Å². The number of fused-ring (bicyclic) bond motifs is 1. The predicted molar refractivity (Wildman–Crippen MR) is 114 cm³/mol. The summed E-state index contributed by atoms with van der Waals surface area (Å²) in [4.78, 5) is 29.0. The third-order valence-electron chi connectivity index (χ3n) is 4.68. The number of aromatic nitrogens is 2. The standard InChI is InChI=1S/C23H19N3O4/c1-26-20-10-7-16(25-23(28)15-5-8-17(29-2)9-6-15)12-19(20)21(13-22(26)27)30-18-4-3-11-24-14-18/h3-14H,1-2H3,(H,25,28). The molecular weight excluding hydrogens is 382 g/mol. The van der Waals surface area contributed by atoms with E-state index in [-0.39, 0.29) is 11.5 Å². The molecule has 4 aromatic rings. The first-order valence-corrected chi connectivity index (χ1v) is 9.22. The SMILES string of the molecule is COc1ccc(C(=O)Nc2ccc3c(c2)c(Oc2cccnc2)cc(=O)n3C)cc1. The molecule has 0 fully saturated rings. The number of aryl methyl sites for hydroxylation is 1. The molecular formula is C23H19N3O4. The zero-order valence-electron chi connectivity index (χ0n) is 16.5. The normalized spacial score (nSPS) is 10.6. The Hall–Kier alpha value is -4.13. The number of carbonyl (C=O) groups excluding carboxylic acids is 1. The minimum atomic E-state index is -0.253. The van der Waals surface area contributed by atoms with Crippen LogP contribution in [0, 0.1) is 0 Å². The summed E-state index contributed by atoms with van der Waals surface area (Å²) in [7, 11) is 3.26. The smallest absolute Gasteiger partial charge is 0.255 e. The lowest BCUT2D eigenvalue weighted by Crippen LogP contribution is -2.16. The van der Waals surface area contributed by atoms with E-state index in [9.17, 15) is 9.59 Å². The Bertz CT molecular complexity index is 1270. The number of anilines is 1. The molecule has 0 spiro atoms. The lowest BCUT2D eigenvalue weighted by atomic mass is 10.1. The van der Waals surface area contributed by atoms with Gasteiger partial charge in [0.25, 0.3) is 11.5 Å². The molecule has 0 radical (unpaired) electrons. The van der Waals surface area contributed by atoms with Gasteiger partial charge in [-0.05, 0) is 54.6 Å². The van der Waals surface area contributed by atoms with Gasteiger partial charge in [0.05, 0.1) is 18.8 Å². The van der Waals surface area contributed by atoms with Crippen LogP contribution in [0.4, 0.5) is 5.69 Å². The first-order valence-electron chi connectivity index (χ1n) is 9.22. The fraction of sp³-hybridized carbons (Fsp3) is 0.0870. The zero-order valence-corrected chi connectivity index (χ0v) is 16.5. The van der Waals surface area contributed by atoms with Crippen LogP contribution in [0.2, 0.25) is 0 Å². The Morgan fingerprint density at radius 1 is 1.03 bits per heavy atom. The van der Waals surface area contributed by atoms with Crippen molar-refractivity contribution in [2.45, 2.75) is 0 Å². The highest BCUT2D eigenvalue weighted by Gasteiger charge is 2.12. The van der Waals surface area contributed by atoms with Gasteiger partial charge in [-0.2, -0.15) is 0 Å². The number of pyridine rings is 2. The van der Waals surface area contributed by atoms with Gasteiger partial charge in [0.1, 0.15) is 17.2 Å².